The second-order valence-corrected chi connectivity index (χ2v) is 14.0. The van der Waals surface area contributed by atoms with Crippen LogP contribution in [0.5, 0.6) is 11.5 Å². The van der Waals surface area contributed by atoms with Crippen LogP contribution < -0.4 is 4.74 Å². The standard InChI is InChI=1S/C43H42N4O.Pt/c1-7-8-13-31-22-23-44-41(25-31)46-39-21-18-32(28-43(4,5)6)24-38(39)37-20-19-36(27-40(37)46)48-35-17-12-16-34(26-35)47-30(3)42(29(2)45-47)33-14-10-9-11-15-33;/h9-12,14-25H,7-8,13,28H2,1-6H3;/q-2;+2. The van der Waals surface area contributed by atoms with E-state index in [-0.39, 0.29) is 26.5 Å². The average Bonchev–Trinajstić information content (AvgIpc) is 3.55. The fourth-order valence-corrected chi connectivity index (χ4v) is 6.75. The van der Waals surface area contributed by atoms with Crippen LogP contribution in [0.25, 0.3) is 44.4 Å². The van der Waals surface area contributed by atoms with Gasteiger partial charge in [0.15, 0.2) is 0 Å². The van der Waals surface area contributed by atoms with Gasteiger partial charge < -0.3 is 9.30 Å². The number of hydrogen-bond donors (Lipinski definition) is 0. The smallest absolute Gasteiger partial charge is 0.509 e. The van der Waals surface area contributed by atoms with Crippen LogP contribution in [-0.2, 0) is 33.9 Å². The Morgan fingerprint density at radius 1 is 0.796 bits per heavy atom. The predicted octanol–water partition coefficient (Wildman–Crippen LogP) is 11.0. The summed E-state index contributed by atoms with van der Waals surface area (Å²) in [6.07, 6.45) is 6.27. The van der Waals surface area contributed by atoms with Crippen LogP contribution in [0.3, 0.4) is 0 Å². The monoisotopic (exact) mass is 825 g/mol. The number of aryl methyl sites for hydroxylation is 2. The van der Waals surface area contributed by atoms with Gasteiger partial charge in [-0.1, -0.05) is 82.1 Å². The van der Waals surface area contributed by atoms with Gasteiger partial charge in [-0.2, -0.15) is 17.2 Å². The molecule has 5 nitrogen and oxygen atoms in total. The summed E-state index contributed by atoms with van der Waals surface area (Å²) >= 11 is 0. The van der Waals surface area contributed by atoms with Crippen molar-refractivity contribution in [3.05, 3.63) is 132 Å². The fraction of sp³-hybridized carbons (Fsp3) is 0.256. The molecule has 0 saturated carbocycles. The van der Waals surface area contributed by atoms with Gasteiger partial charge in [0, 0.05) is 34.5 Å². The van der Waals surface area contributed by atoms with Crippen LogP contribution >= 0.6 is 0 Å². The van der Waals surface area contributed by atoms with Crippen molar-refractivity contribution >= 4 is 21.8 Å². The molecule has 6 heteroatoms. The third-order valence-electron chi connectivity index (χ3n) is 8.86. The van der Waals surface area contributed by atoms with Gasteiger partial charge in [-0.3, -0.25) is 4.68 Å². The Bertz CT molecular complexity index is 2240. The van der Waals surface area contributed by atoms with Crippen molar-refractivity contribution in [2.75, 3.05) is 0 Å². The van der Waals surface area contributed by atoms with Crippen LogP contribution in [0.2, 0.25) is 0 Å². The van der Waals surface area contributed by atoms with Crippen molar-refractivity contribution in [2.24, 2.45) is 5.41 Å². The normalized spacial score (nSPS) is 11.6. The Morgan fingerprint density at radius 2 is 1.59 bits per heavy atom. The summed E-state index contributed by atoms with van der Waals surface area (Å²) in [7, 11) is 0. The SMILES string of the molecule is CCCCc1ccnc(-n2c3[c-]c(Oc4[c-]c(-n5nc(C)c(-c6ccccc6)c5C)ccc4)ccc3c3cc(CC(C)(C)C)ccc32)c1.[Pt+2]. The van der Waals surface area contributed by atoms with Gasteiger partial charge >= 0.3 is 21.1 Å². The Morgan fingerprint density at radius 3 is 2.37 bits per heavy atom. The summed E-state index contributed by atoms with van der Waals surface area (Å²) in [4.78, 5) is 4.86. The minimum absolute atomic E-state index is 0. The number of nitrogens with zero attached hydrogens (tertiary/aromatic N) is 4. The molecule has 0 amide bonds. The van der Waals surface area contributed by atoms with Gasteiger partial charge in [-0.05, 0) is 84.5 Å². The molecule has 0 atom stereocenters. The van der Waals surface area contributed by atoms with Crippen molar-refractivity contribution in [1.29, 1.82) is 0 Å². The Hall–Kier alpha value is -4.47. The molecule has 0 unspecified atom stereocenters. The van der Waals surface area contributed by atoms with Crippen LogP contribution in [0.4, 0.5) is 0 Å². The maximum Gasteiger partial charge on any atom is 2.00 e. The minimum Gasteiger partial charge on any atom is -0.509 e. The first-order valence-corrected chi connectivity index (χ1v) is 17.0. The zero-order chi connectivity index (χ0) is 33.4. The molecule has 4 aromatic carbocycles. The summed E-state index contributed by atoms with van der Waals surface area (Å²) in [5.41, 5.74) is 10.0. The maximum atomic E-state index is 6.48. The van der Waals surface area contributed by atoms with E-state index in [9.17, 15) is 0 Å². The number of rotatable bonds is 9. The predicted molar refractivity (Wildman–Crippen MR) is 197 cm³/mol. The van der Waals surface area contributed by atoms with E-state index >= 15 is 0 Å². The van der Waals surface area contributed by atoms with Gasteiger partial charge in [-0.25, -0.2) is 4.98 Å². The van der Waals surface area contributed by atoms with E-state index in [1.807, 2.05) is 41.2 Å². The quantitative estimate of drug-likeness (QED) is 0.136. The molecule has 3 heterocycles. The fourth-order valence-electron chi connectivity index (χ4n) is 6.75. The number of pyridine rings is 1. The van der Waals surface area contributed by atoms with Crippen LogP contribution in [-0.4, -0.2) is 19.3 Å². The average molecular weight is 826 g/mol. The van der Waals surface area contributed by atoms with Gasteiger partial charge in [-0.15, -0.1) is 35.7 Å². The second kappa shape index (κ2) is 14.2. The first kappa shape index (κ1) is 34.4. The van der Waals surface area contributed by atoms with E-state index in [1.54, 1.807) is 0 Å². The largest absolute Gasteiger partial charge is 2.00 e. The summed E-state index contributed by atoms with van der Waals surface area (Å²) < 4.78 is 10.7. The van der Waals surface area contributed by atoms with E-state index < -0.39 is 0 Å². The number of unbranched alkanes of at least 4 members (excludes halogenated alkanes) is 1. The molecule has 0 aliphatic carbocycles. The first-order valence-electron chi connectivity index (χ1n) is 17.0. The van der Waals surface area contributed by atoms with Gasteiger partial charge in [0.25, 0.3) is 0 Å². The summed E-state index contributed by atoms with van der Waals surface area (Å²) in [6, 6.07) is 38.7. The molecule has 0 spiro atoms. The zero-order valence-corrected chi connectivity index (χ0v) is 31.4. The van der Waals surface area contributed by atoms with Crippen molar-refractivity contribution in [3.63, 3.8) is 0 Å². The number of fused-ring (bicyclic) bond motifs is 3. The summed E-state index contributed by atoms with van der Waals surface area (Å²) in [5.74, 6) is 2.12. The molecule has 3 aromatic heterocycles. The van der Waals surface area contributed by atoms with E-state index in [2.05, 4.69) is 119 Å². The molecule has 0 fully saturated rings. The summed E-state index contributed by atoms with van der Waals surface area (Å²) in [5, 5.41) is 7.21. The first-order chi connectivity index (χ1) is 23.2. The second-order valence-electron chi connectivity index (χ2n) is 14.0. The van der Waals surface area contributed by atoms with Gasteiger partial charge in [0.2, 0.25) is 0 Å². The molecule has 49 heavy (non-hydrogen) atoms. The van der Waals surface area contributed by atoms with Crippen LogP contribution in [0.15, 0.2) is 97.2 Å². The topological polar surface area (TPSA) is 44.9 Å². The zero-order valence-electron chi connectivity index (χ0n) is 29.1. The molecule has 7 rings (SSSR count). The number of benzene rings is 4. The number of aromatic nitrogens is 4. The van der Waals surface area contributed by atoms with Crippen molar-refractivity contribution in [3.8, 4) is 34.1 Å². The molecule has 0 saturated heterocycles. The molecular formula is C43H42N4OPt. The number of hydrogen-bond acceptors (Lipinski definition) is 3. The molecule has 0 bridgehead atoms. The minimum atomic E-state index is 0. The van der Waals surface area contributed by atoms with Gasteiger partial charge in [0.1, 0.15) is 5.82 Å². The van der Waals surface area contributed by atoms with Crippen LogP contribution in [0, 0.1) is 31.4 Å². The van der Waals surface area contributed by atoms with Gasteiger partial charge in [0.05, 0.1) is 5.69 Å². The molecule has 0 aliphatic rings. The maximum absolute atomic E-state index is 6.48. The van der Waals surface area contributed by atoms with Crippen molar-refractivity contribution in [2.45, 2.75) is 67.2 Å². The van der Waals surface area contributed by atoms with Crippen LogP contribution in [0.1, 0.15) is 63.1 Å². The molecule has 0 radical (unpaired) electrons. The molecule has 250 valence electrons. The number of ether oxygens (including phenoxy) is 1. The molecule has 0 aliphatic heterocycles. The molecular weight excluding hydrogens is 784 g/mol. The third-order valence-corrected chi connectivity index (χ3v) is 8.86. The Kier molecular flexibility index (Phi) is 9.95. The summed E-state index contributed by atoms with van der Waals surface area (Å²) in [6.45, 7) is 13.2. The van der Waals surface area contributed by atoms with E-state index in [4.69, 9.17) is 14.8 Å². The van der Waals surface area contributed by atoms with E-state index in [0.717, 1.165) is 76.1 Å². The molecule has 7 aromatic rings. The van der Waals surface area contributed by atoms with E-state index in [0.29, 0.717) is 11.5 Å². The Balaban J connectivity index is 0.00000417. The van der Waals surface area contributed by atoms with E-state index in [1.165, 1.54) is 16.5 Å². The van der Waals surface area contributed by atoms with Crippen molar-refractivity contribution in [1.82, 2.24) is 19.3 Å². The van der Waals surface area contributed by atoms with Crippen molar-refractivity contribution < 1.29 is 25.8 Å². The Labute approximate surface area is 304 Å². The molecule has 0 N–H and O–H groups in total. The third kappa shape index (κ3) is 7.14.